The molecular formula is C11H13AsO5. The molecule has 0 radical (unpaired) electrons. The number of aliphatic carboxylic acids is 1. The first-order valence-corrected chi connectivity index (χ1v) is 7.20. The molecule has 0 saturated carbocycles. The minimum absolute atomic E-state index is 0.140. The average molecular weight is 300 g/mol. The van der Waals surface area contributed by atoms with Gasteiger partial charge in [-0.25, -0.2) is 0 Å². The molecule has 0 aliphatic rings. The summed E-state index contributed by atoms with van der Waals surface area (Å²) in [5, 5.41) is 17.4. The Morgan fingerprint density at radius 2 is 1.94 bits per heavy atom. The van der Waals surface area contributed by atoms with Crippen molar-refractivity contribution < 1.29 is 24.5 Å². The van der Waals surface area contributed by atoms with Gasteiger partial charge in [-0.1, -0.05) is 0 Å². The van der Waals surface area contributed by atoms with Crippen LogP contribution in [0.3, 0.4) is 0 Å². The van der Waals surface area contributed by atoms with Gasteiger partial charge in [0.15, 0.2) is 0 Å². The fourth-order valence-corrected chi connectivity index (χ4v) is 2.47. The zero-order valence-electron chi connectivity index (χ0n) is 9.00. The molecule has 0 aliphatic heterocycles. The number of hydrogen-bond acceptors (Lipinski definition) is 4. The molecule has 0 aliphatic carbocycles. The van der Waals surface area contributed by atoms with E-state index in [1.807, 2.05) is 30.3 Å². The molecule has 2 unspecified atom stereocenters. The third-order valence-electron chi connectivity index (χ3n) is 1.99. The van der Waals surface area contributed by atoms with Gasteiger partial charge < -0.3 is 0 Å². The van der Waals surface area contributed by atoms with Crippen LogP contribution in [0.2, 0.25) is 4.71 Å². The van der Waals surface area contributed by atoms with Gasteiger partial charge in [0.25, 0.3) is 0 Å². The van der Waals surface area contributed by atoms with Crippen LogP contribution in [0.1, 0.15) is 5.56 Å². The molecule has 17 heavy (non-hydrogen) atoms. The topological polar surface area (TPSA) is 83.8 Å². The van der Waals surface area contributed by atoms with Crippen molar-refractivity contribution in [2.75, 3.05) is 6.61 Å². The van der Waals surface area contributed by atoms with E-state index in [9.17, 15) is 9.59 Å². The van der Waals surface area contributed by atoms with Gasteiger partial charge in [0.2, 0.25) is 0 Å². The van der Waals surface area contributed by atoms with Gasteiger partial charge in [-0.2, -0.15) is 0 Å². The summed E-state index contributed by atoms with van der Waals surface area (Å²) in [6.07, 6.45) is 0. The van der Waals surface area contributed by atoms with Crippen LogP contribution in [-0.4, -0.2) is 43.3 Å². The number of hydrogen-bond donors (Lipinski definition) is 2. The van der Waals surface area contributed by atoms with Crippen molar-refractivity contribution in [2.24, 2.45) is 0 Å². The Bertz CT molecular complexity index is 379. The predicted octanol–water partition coefficient (Wildman–Crippen LogP) is 0.625. The third-order valence-corrected chi connectivity index (χ3v) is 4.42. The van der Waals surface area contributed by atoms with Gasteiger partial charge >= 0.3 is 105 Å². The van der Waals surface area contributed by atoms with Gasteiger partial charge in [-0.05, 0) is 0 Å². The summed E-state index contributed by atoms with van der Waals surface area (Å²) in [6.45, 7) is -0.378. The average Bonchev–Trinajstić information content (AvgIpc) is 2.34. The Hall–Kier alpha value is -1.32. The van der Waals surface area contributed by atoms with Crippen molar-refractivity contribution in [1.29, 1.82) is 0 Å². The molecule has 0 aromatic heterocycles. The Balaban J connectivity index is 2.37. The van der Waals surface area contributed by atoms with E-state index < -0.39 is 37.8 Å². The number of carbonyl (C=O) groups excluding carboxylic acids is 1. The first-order valence-electron chi connectivity index (χ1n) is 4.94. The number of rotatable bonds is 6. The van der Waals surface area contributed by atoms with E-state index in [1.54, 1.807) is 0 Å². The van der Waals surface area contributed by atoms with Crippen molar-refractivity contribution in [3.8, 4) is 0 Å². The van der Waals surface area contributed by atoms with E-state index in [0.29, 0.717) is 0 Å². The van der Waals surface area contributed by atoms with Crippen LogP contribution in [0, 0.1) is 0 Å². The Morgan fingerprint density at radius 3 is 2.47 bits per heavy atom. The van der Waals surface area contributed by atoms with E-state index in [4.69, 9.17) is 14.9 Å². The fraction of sp³-hybridized carbons (Fsp3) is 0.273. The van der Waals surface area contributed by atoms with Crippen molar-refractivity contribution in [3.63, 3.8) is 0 Å². The Labute approximate surface area is 105 Å². The minimum atomic E-state index is -1.49. The summed E-state index contributed by atoms with van der Waals surface area (Å²) >= 11 is -1.49. The molecule has 0 heterocycles. The second-order valence-corrected chi connectivity index (χ2v) is 6.20. The number of aliphatic hydroxyl groups is 1. The zero-order chi connectivity index (χ0) is 12.7. The summed E-state index contributed by atoms with van der Waals surface area (Å²) in [7, 11) is 0. The molecule has 2 N–H and O–H groups in total. The molecule has 2 atom stereocenters. The van der Waals surface area contributed by atoms with Crippen molar-refractivity contribution >= 4 is 26.5 Å². The van der Waals surface area contributed by atoms with E-state index >= 15 is 0 Å². The van der Waals surface area contributed by atoms with Crippen LogP contribution in [0.15, 0.2) is 30.3 Å². The van der Waals surface area contributed by atoms with Crippen LogP contribution in [0.25, 0.3) is 0 Å². The summed E-state index contributed by atoms with van der Waals surface area (Å²) in [5.41, 5.74) is 0.850. The molecule has 1 aromatic rings. The Kier molecular flexibility index (Phi) is 5.73. The molecule has 0 spiro atoms. The second kappa shape index (κ2) is 7.09. The second-order valence-electron chi connectivity index (χ2n) is 3.28. The van der Waals surface area contributed by atoms with E-state index in [1.165, 1.54) is 0 Å². The van der Waals surface area contributed by atoms with Gasteiger partial charge in [0.1, 0.15) is 0 Å². The van der Waals surface area contributed by atoms with Gasteiger partial charge in [-0.15, -0.1) is 0 Å². The Morgan fingerprint density at radius 1 is 1.29 bits per heavy atom. The van der Waals surface area contributed by atoms with Crippen LogP contribution in [0.5, 0.6) is 0 Å². The third kappa shape index (κ3) is 5.02. The van der Waals surface area contributed by atoms with Crippen molar-refractivity contribution in [3.05, 3.63) is 35.9 Å². The maximum atomic E-state index is 11.3. The molecule has 1 rings (SSSR count). The molecule has 5 nitrogen and oxygen atoms in total. The summed E-state index contributed by atoms with van der Waals surface area (Å²) < 4.78 is 3.47. The number of carboxylic acids is 1. The standard InChI is InChI=1S/C11H13AsO5/c13-6-9(10(14)15)12-11(16)17-7-8-4-2-1-3-5-8/h1-5,9,12-13H,6-7H2,(H,14,15). The summed E-state index contributed by atoms with van der Waals surface area (Å²) in [4.78, 5) is 22.0. The van der Waals surface area contributed by atoms with E-state index in [2.05, 4.69) is 0 Å². The summed E-state index contributed by atoms with van der Waals surface area (Å²) in [6, 6.07) is 9.13. The van der Waals surface area contributed by atoms with Crippen LogP contribution >= 0.6 is 0 Å². The molecule has 0 saturated heterocycles. The fourth-order valence-electron chi connectivity index (χ4n) is 1.09. The first kappa shape index (κ1) is 13.7. The summed E-state index contributed by atoms with van der Waals surface area (Å²) in [5.74, 6) is -1.15. The molecule has 92 valence electrons. The number of aliphatic hydroxyl groups excluding tert-OH is 1. The predicted molar refractivity (Wildman–Crippen MR) is 62.2 cm³/mol. The molecule has 0 amide bonds. The number of carbonyl (C=O) groups is 2. The molecular weight excluding hydrogens is 287 g/mol. The molecule has 6 heteroatoms. The van der Waals surface area contributed by atoms with Crippen molar-refractivity contribution in [1.82, 2.24) is 0 Å². The van der Waals surface area contributed by atoms with E-state index in [0.717, 1.165) is 5.56 Å². The normalized spacial score (nSPS) is 12.5. The number of carboxylic acid groups (broad SMARTS) is 1. The van der Waals surface area contributed by atoms with Gasteiger partial charge in [0.05, 0.1) is 0 Å². The van der Waals surface area contributed by atoms with E-state index in [-0.39, 0.29) is 6.61 Å². The maximum absolute atomic E-state index is 11.3. The van der Waals surface area contributed by atoms with Crippen LogP contribution < -0.4 is 0 Å². The SMILES string of the molecule is O=C(OCc1ccccc1)[AsH]C(CO)C(=O)O. The monoisotopic (exact) mass is 300 g/mol. The van der Waals surface area contributed by atoms with Crippen LogP contribution in [0.4, 0.5) is 4.79 Å². The number of ether oxygens (including phenoxy) is 1. The first-order chi connectivity index (χ1) is 8.13. The van der Waals surface area contributed by atoms with Crippen molar-refractivity contribution in [2.45, 2.75) is 11.3 Å². The molecule has 0 bridgehead atoms. The molecule has 1 aromatic carbocycles. The van der Waals surface area contributed by atoms with Crippen LogP contribution in [-0.2, 0) is 16.1 Å². The number of benzene rings is 1. The van der Waals surface area contributed by atoms with Gasteiger partial charge in [-0.3, -0.25) is 0 Å². The molecule has 0 fully saturated rings. The van der Waals surface area contributed by atoms with Gasteiger partial charge in [0, 0.05) is 0 Å². The quantitative estimate of drug-likeness (QED) is 0.753. The zero-order valence-corrected chi connectivity index (χ0v) is 11.1.